The Labute approximate surface area is 117 Å². The molecule has 2 N–H and O–H groups in total. The summed E-state index contributed by atoms with van der Waals surface area (Å²) in [6, 6.07) is 8.20. The van der Waals surface area contributed by atoms with E-state index in [4.69, 9.17) is 0 Å². The summed E-state index contributed by atoms with van der Waals surface area (Å²) in [4.78, 5) is 0. The molecule has 2 heteroatoms. The summed E-state index contributed by atoms with van der Waals surface area (Å²) in [5, 5.41) is 7.29. The van der Waals surface area contributed by atoms with Crippen molar-refractivity contribution >= 4 is 0 Å². The molecule has 0 aromatic heterocycles. The Bertz CT molecular complexity index is 458. The Morgan fingerprint density at radius 3 is 2.68 bits per heavy atom. The van der Waals surface area contributed by atoms with Gasteiger partial charge >= 0.3 is 0 Å². The topological polar surface area (TPSA) is 24.1 Å². The first kappa shape index (κ1) is 13.1. The first-order chi connectivity index (χ1) is 9.11. The summed E-state index contributed by atoms with van der Waals surface area (Å²) >= 11 is 0. The molecule has 1 fully saturated rings. The second kappa shape index (κ2) is 4.92. The minimum atomic E-state index is 0.431. The summed E-state index contributed by atoms with van der Waals surface area (Å²) < 4.78 is 0. The quantitative estimate of drug-likeness (QED) is 0.852. The highest BCUT2D eigenvalue weighted by molar-refractivity contribution is 5.44. The predicted molar refractivity (Wildman–Crippen MR) is 80.6 cm³/mol. The van der Waals surface area contributed by atoms with E-state index in [9.17, 15) is 0 Å². The normalized spacial score (nSPS) is 24.9. The van der Waals surface area contributed by atoms with Gasteiger partial charge in [0.05, 0.1) is 0 Å². The predicted octanol–water partition coefficient (Wildman–Crippen LogP) is 3.06. The maximum atomic E-state index is 3.78. The van der Waals surface area contributed by atoms with Crippen LogP contribution in [0.3, 0.4) is 0 Å². The third kappa shape index (κ3) is 2.32. The summed E-state index contributed by atoms with van der Waals surface area (Å²) in [5.41, 5.74) is 5.01. The van der Waals surface area contributed by atoms with E-state index in [1.54, 1.807) is 11.1 Å². The first-order valence-electron chi connectivity index (χ1n) is 7.68. The minimum Gasteiger partial charge on any atom is -0.317 e. The second-order valence-electron chi connectivity index (χ2n) is 6.70. The summed E-state index contributed by atoms with van der Waals surface area (Å²) in [6.07, 6.45) is 3.87. The average Bonchev–Trinajstić information content (AvgIpc) is 2.63. The van der Waals surface area contributed by atoms with Crippen LogP contribution < -0.4 is 10.6 Å². The fourth-order valence-corrected chi connectivity index (χ4v) is 3.99. The van der Waals surface area contributed by atoms with Crippen LogP contribution >= 0.6 is 0 Å². The molecule has 3 rings (SSSR count). The number of rotatable bonds is 2. The van der Waals surface area contributed by atoms with Gasteiger partial charge in [0.25, 0.3) is 0 Å². The van der Waals surface area contributed by atoms with Gasteiger partial charge in [-0.2, -0.15) is 0 Å². The Morgan fingerprint density at radius 2 is 2.00 bits per heavy atom. The fourth-order valence-electron chi connectivity index (χ4n) is 3.99. The van der Waals surface area contributed by atoms with Crippen molar-refractivity contribution < 1.29 is 0 Å². The van der Waals surface area contributed by atoms with Gasteiger partial charge in [-0.15, -0.1) is 0 Å². The molecule has 1 atom stereocenters. The van der Waals surface area contributed by atoms with Crippen LogP contribution in [0, 0.1) is 6.92 Å². The zero-order chi connectivity index (χ0) is 13.5. The Kier molecular flexibility index (Phi) is 3.40. The van der Waals surface area contributed by atoms with E-state index >= 15 is 0 Å². The number of hydrogen-bond donors (Lipinski definition) is 2. The second-order valence-corrected chi connectivity index (χ2v) is 6.70. The molecule has 19 heavy (non-hydrogen) atoms. The van der Waals surface area contributed by atoms with Crippen LogP contribution in [0.2, 0.25) is 0 Å². The van der Waals surface area contributed by atoms with Crippen molar-refractivity contribution in [3.05, 3.63) is 34.9 Å². The maximum Gasteiger partial charge on any atom is 0.0333 e. The van der Waals surface area contributed by atoms with Crippen LogP contribution in [-0.4, -0.2) is 19.1 Å². The van der Waals surface area contributed by atoms with E-state index in [1.807, 2.05) is 0 Å². The molecule has 1 heterocycles. The third-order valence-electron chi connectivity index (χ3n) is 4.84. The number of piperidine rings is 1. The summed E-state index contributed by atoms with van der Waals surface area (Å²) in [7, 11) is 0. The molecule has 1 saturated heterocycles. The molecular weight excluding hydrogens is 232 g/mol. The third-order valence-corrected chi connectivity index (χ3v) is 4.84. The average molecular weight is 258 g/mol. The molecule has 0 bridgehead atoms. The van der Waals surface area contributed by atoms with E-state index in [0.29, 0.717) is 17.5 Å². The van der Waals surface area contributed by atoms with Gasteiger partial charge in [-0.1, -0.05) is 37.6 Å². The Hall–Kier alpha value is -0.860. The van der Waals surface area contributed by atoms with Gasteiger partial charge in [0.2, 0.25) is 0 Å². The van der Waals surface area contributed by atoms with Crippen LogP contribution in [0.1, 0.15) is 55.8 Å². The summed E-state index contributed by atoms with van der Waals surface area (Å²) in [6.45, 7) is 9.05. The van der Waals surface area contributed by atoms with Crippen molar-refractivity contribution in [1.82, 2.24) is 10.6 Å². The van der Waals surface area contributed by atoms with Gasteiger partial charge in [0.1, 0.15) is 0 Å². The zero-order valence-corrected chi connectivity index (χ0v) is 12.4. The minimum absolute atomic E-state index is 0.431. The number of aryl methyl sites for hydroxylation is 1. The van der Waals surface area contributed by atoms with Crippen LogP contribution in [0.15, 0.2) is 18.2 Å². The van der Waals surface area contributed by atoms with Gasteiger partial charge in [0, 0.05) is 12.1 Å². The van der Waals surface area contributed by atoms with Crippen LogP contribution in [0.4, 0.5) is 0 Å². The smallest absolute Gasteiger partial charge is 0.0333 e. The van der Waals surface area contributed by atoms with E-state index in [1.165, 1.54) is 37.9 Å². The number of fused-ring (bicyclic) bond motifs is 2. The monoisotopic (exact) mass is 258 g/mol. The largest absolute Gasteiger partial charge is 0.317 e. The Morgan fingerprint density at radius 1 is 1.26 bits per heavy atom. The molecule has 0 saturated carbocycles. The molecule has 1 aromatic carbocycles. The van der Waals surface area contributed by atoms with E-state index in [0.717, 1.165) is 0 Å². The molecule has 104 valence electrons. The van der Waals surface area contributed by atoms with Crippen LogP contribution in [-0.2, 0) is 5.41 Å². The van der Waals surface area contributed by atoms with E-state index < -0.39 is 0 Å². The number of hydrogen-bond acceptors (Lipinski definition) is 2. The van der Waals surface area contributed by atoms with Gasteiger partial charge in [-0.05, 0) is 55.8 Å². The van der Waals surface area contributed by atoms with Crippen molar-refractivity contribution in [2.75, 3.05) is 13.1 Å². The first-order valence-corrected chi connectivity index (χ1v) is 7.68. The van der Waals surface area contributed by atoms with Gasteiger partial charge in [-0.25, -0.2) is 0 Å². The molecule has 1 aromatic rings. The highest BCUT2D eigenvalue weighted by Crippen LogP contribution is 2.50. The molecule has 0 unspecified atom stereocenters. The highest BCUT2D eigenvalue weighted by Gasteiger charge is 2.44. The van der Waals surface area contributed by atoms with Crippen LogP contribution in [0.5, 0.6) is 0 Å². The molecular formula is C17H26N2. The lowest BCUT2D eigenvalue weighted by Crippen LogP contribution is -2.39. The molecule has 0 radical (unpaired) electrons. The lowest BCUT2D eigenvalue weighted by Gasteiger charge is -2.35. The molecule has 0 amide bonds. The maximum absolute atomic E-state index is 3.78. The SMILES string of the molecule is Cc1ccc2c(c1)[C@@H](NC(C)C)CC21CCNCC1. The lowest BCUT2D eigenvalue weighted by molar-refractivity contribution is 0.278. The Balaban J connectivity index is 1.99. The van der Waals surface area contributed by atoms with E-state index in [-0.39, 0.29) is 0 Å². The van der Waals surface area contributed by atoms with E-state index in [2.05, 4.69) is 49.6 Å². The molecule has 2 nitrogen and oxygen atoms in total. The fraction of sp³-hybridized carbons (Fsp3) is 0.647. The lowest BCUT2D eigenvalue weighted by atomic mass is 9.74. The van der Waals surface area contributed by atoms with Crippen molar-refractivity contribution in [1.29, 1.82) is 0 Å². The molecule has 1 aliphatic carbocycles. The zero-order valence-electron chi connectivity index (χ0n) is 12.4. The van der Waals surface area contributed by atoms with Gasteiger partial charge in [0.15, 0.2) is 0 Å². The summed E-state index contributed by atoms with van der Waals surface area (Å²) in [5.74, 6) is 0. The standard InChI is InChI=1S/C17H26N2/c1-12(2)19-16-11-17(6-8-18-9-7-17)15-5-4-13(3)10-14(15)16/h4-5,10,12,16,18-19H,6-9,11H2,1-3H3/t16-/m0/s1. The van der Waals surface area contributed by atoms with Gasteiger partial charge < -0.3 is 10.6 Å². The van der Waals surface area contributed by atoms with Crippen molar-refractivity contribution in [2.45, 2.75) is 57.5 Å². The molecule has 1 spiro atoms. The van der Waals surface area contributed by atoms with Crippen molar-refractivity contribution in [2.24, 2.45) is 0 Å². The number of nitrogens with one attached hydrogen (secondary N) is 2. The van der Waals surface area contributed by atoms with Crippen molar-refractivity contribution in [3.8, 4) is 0 Å². The van der Waals surface area contributed by atoms with Crippen molar-refractivity contribution in [3.63, 3.8) is 0 Å². The van der Waals surface area contributed by atoms with Gasteiger partial charge in [-0.3, -0.25) is 0 Å². The number of benzene rings is 1. The molecule has 1 aliphatic heterocycles. The highest BCUT2D eigenvalue weighted by atomic mass is 15.0. The van der Waals surface area contributed by atoms with Crippen LogP contribution in [0.25, 0.3) is 0 Å². The molecule has 2 aliphatic rings.